The van der Waals surface area contributed by atoms with E-state index in [1.807, 2.05) is 6.07 Å². The van der Waals surface area contributed by atoms with Crippen LogP contribution in [0.15, 0.2) is 18.5 Å². The highest BCUT2D eigenvalue weighted by Gasteiger charge is 1.94. The zero-order chi connectivity index (χ0) is 9.36. The molecule has 0 atom stereocenters. The molecule has 3 heteroatoms. The molecule has 0 saturated heterocycles. The third-order valence-electron chi connectivity index (χ3n) is 1.97. The summed E-state index contributed by atoms with van der Waals surface area (Å²) in [5.74, 6) is 0.954. The molecule has 0 aliphatic carbocycles. The Morgan fingerprint density at radius 1 is 1.00 bits per heavy atom. The van der Waals surface area contributed by atoms with Crippen molar-refractivity contribution in [2.45, 2.75) is 32.1 Å². The lowest BCUT2D eigenvalue weighted by molar-refractivity contribution is 0.635. The van der Waals surface area contributed by atoms with Crippen molar-refractivity contribution in [1.29, 1.82) is 0 Å². The molecule has 72 valence electrons. The number of unbranched alkanes of at least 4 members (excludes halogenated alkanes) is 3. The highest BCUT2D eigenvalue weighted by Crippen LogP contribution is 2.02. The first-order chi connectivity index (χ1) is 6.43. The standard InChI is InChI=1S/C10H17N3/c11-7-4-2-1-3-6-10-12-8-5-9-13-10/h5,8-9H,1-4,6-7,11H2. The summed E-state index contributed by atoms with van der Waals surface area (Å²) in [6.07, 6.45) is 9.34. The van der Waals surface area contributed by atoms with Gasteiger partial charge in [-0.25, -0.2) is 9.97 Å². The molecule has 0 amide bonds. The minimum atomic E-state index is 0.807. The fourth-order valence-corrected chi connectivity index (χ4v) is 1.24. The van der Waals surface area contributed by atoms with E-state index in [9.17, 15) is 0 Å². The Morgan fingerprint density at radius 3 is 2.38 bits per heavy atom. The molecule has 0 aromatic carbocycles. The number of aryl methyl sites for hydroxylation is 1. The van der Waals surface area contributed by atoms with E-state index in [-0.39, 0.29) is 0 Å². The van der Waals surface area contributed by atoms with Crippen LogP contribution in [0.25, 0.3) is 0 Å². The van der Waals surface area contributed by atoms with Crippen molar-refractivity contribution in [3.63, 3.8) is 0 Å². The summed E-state index contributed by atoms with van der Waals surface area (Å²) in [5, 5.41) is 0. The Bertz CT molecular complexity index is 211. The van der Waals surface area contributed by atoms with E-state index in [2.05, 4.69) is 9.97 Å². The fraction of sp³-hybridized carbons (Fsp3) is 0.600. The Hall–Kier alpha value is -0.960. The van der Waals surface area contributed by atoms with Gasteiger partial charge >= 0.3 is 0 Å². The average Bonchev–Trinajstić information content (AvgIpc) is 2.19. The van der Waals surface area contributed by atoms with E-state index in [1.54, 1.807) is 12.4 Å². The smallest absolute Gasteiger partial charge is 0.128 e. The average molecular weight is 179 g/mol. The molecule has 2 N–H and O–H groups in total. The second-order valence-electron chi connectivity index (χ2n) is 3.12. The predicted octanol–water partition coefficient (Wildman–Crippen LogP) is 1.54. The number of hydrogen-bond donors (Lipinski definition) is 1. The molecule has 0 saturated carbocycles. The number of nitrogens with two attached hydrogens (primary N) is 1. The molecule has 1 aromatic heterocycles. The van der Waals surface area contributed by atoms with Gasteiger partial charge in [-0.3, -0.25) is 0 Å². The van der Waals surface area contributed by atoms with Crippen LogP contribution in [0.1, 0.15) is 31.5 Å². The van der Waals surface area contributed by atoms with Crippen molar-refractivity contribution >= 4 is 0 Å². The number of hydrogen-bond acceptors (Lipinski definition) is 3. The molecule has 1 rings (SSSR count). The summed E-state index contributed by atoms with van der Waals surface area (Å²) in [7, 11) is 0. The molecule has 0 fully saturated rings. The maximum Gasteiger partial charge on any atom is 0.128 e. The molecule has 0 spiro atoms. The van der Waals surface area contributed by atoms with E-state index < -0.39 is 0 Å². The summed E-state index contributed by atoms with van der Waals surface area (Å²) in [5.41, 5.74) is 5.40. The molecule has 1 heterocycles. The molecule has 13 heavy (non-hydrogen) atoms. The Kier molecular flexibility index (Phi) is 5.10. The topological polar surface area (TPSA) is 51.8 Å². The lowest BCUT2D eigenvalue weighted by Crippen LogP contribution is -1.98. The lowest BCUT2D eigenvalue weighted by Gasteiger charge is -1.98. The minimum absolute atomic E-state index is 0.807. The Labute approximate surface area is 79.4 Å². The van der Waals surface area contributed by atoms with Crippen LogP contribution in [-0.2, 0) is 6.42 Å². The monoisotopic (exact) mass is 179 g/mol. The lowest BCUT2D eigenvalue weighted by atomic mass is 10.1. The number of rotatable bonds is 6. The van der Waals surface area contributed by atoms with E-state index in [0.29, 0.717) is 0 Å². The summed E-state index contributed by atoms with van der Waals surface area (Å²) in [4.78, 5) is 8.32. The third-order valence-corrected chi connectivity index (χ3v) is 1.97. The van der Waals surface area contributed by atoms with Crippen molar-refractivity contribution in [3.8, 4) is 0 Å². The van der Waals surface area contributed by atoms with Gasteiger partial charge in [0, 0.05) is 18.8 Å². The van der Waals surface area contributed by atoms with Gasteiger partial charge in [-0.05, 0) is 25.5 Å². The zero-order valence-corrected chi connectivity index (χ0v) is 7.95. The van der Waals surface area contributed by atoms with Crippen molar-refractivity contribution in [2.24, 2.45) is 5.73 Å². The summed E-state index contributed by atoms with van der Waals surface area (Å²) < 4.78 is 0. The van der Waals surface area contributed by atoms with E-state index in [1.165, 1.54) is 19.3 Å². The first kappa shape index (κ1) is 10.1. The van der Waals surface area contributed by atoms with E-state index >= 15 is 0 Å². The van der Waals surface area contributed by atoms with Crippen molar-refractivity contribution in [2.75, 3.05) is 6.54 Å². The highest BCUT2D eigenvalue weighted by atomic mass is 14.8. The maximum atomic E-state index is 5.40. The predicted molar refractivity (Wildman–Crippen MR) is 53.3 cm³/mol. The summed E-state index contributed by atoms with van der Waals surface area (Å²) in [6, 6.07) is 1.85. The molecule has 3 nitrogen and oxygen atoms in total. The normalized spacial score (nSPS) is 10.2. The Morgan fingerprint density at radius 2 is 1.69 bits per heavy atom. The number of aromatic nitrogens is 2. The van der Waals surface area contributed by atoms with Gasteiger partial charge in [0.25, 0.3) is 0 Å². The van der Waals surface area contributed by atoms with Crippen molar-refractivity contribution in [3.05, 3.63) is 24.3 Å². The van der Waals surface area contributed by atoms with Crippen LogP contribution in [0.2, 0.25) is 0 Å². The second kappa shape index (κ2) is 6.54. The largest absolute Gasteiger partial charge is 0.330 e. The van der Waals surface area contributed by atoms with Crippen LogP contribution >= 0.6 is 0 Å². The van der Waals surface area contributed by atoms with Gasteiger partial charge in [-0.1, -0.05) is 12.8 Å². The van der Waals surface area contributed by atoms with Crippen LogP contribution in [0, 0.1) is 0 Å². The van der Waals surface area contributed by atoms with Crippen LogP contribution in [-0.4, -0.2) is 16.5 Å². The molecule has 0 radical (unpaired) electrons. The maximum absolute atomic E-state index is 5.40. The molecule has 1 aromatic rings. The number of nitrogens with zero attached hydrogens (tertiary/aromatic N) is 2. The van der Waals surface area contributed by atoms with Crippen LogP contribution in [0.5, 0.6) is 0 Å². The van der Waals surface area contributed by atoms with Crippen LogP contribution in [0.4, 0.5) is 0 Å². The van der Waals surface area contributed by atoms with E-state index in [4.69, 9.17) is 5.73 Å². The molecular formula is C10H17N3. The molecular weight excluding hydrogens is 162 g/mol. The molecule has 0 aliphatic rings. The molecule has 0 bridgehead atoms. The van der Waals surface area contributed by atoms with Crippen LogP contribution < -0.4 is 5.73 Å². The van der Waals surface area contributed by atoms with Gasteiger partial charge in [0.15, 0.2) is 0 Å². The van der Waals surface area contributed by atoms with Crippen molar-refractivity contribution in [1.82, 2.24) is 9.97 Å². The van der Waals surface area contributed by atoms with Gasteiger partial charge in [0.1, 0.15) is 5.82 Å². The van der Waals surface area contributed by atoms with Gasteiger partial charge in [0.05, 0.1) is 0 Å². The van der Waals surface area contributed by atoms with Crippen LogP contribution in [0.3, 0.4) is 0 Å². The zero-order valence-electron chi connectivity index (χ0n) is 7.95. The SMILES string of the molecule is NCCCCCCc1ncccn1. The highest BCUT2D eigenvalue weighted by molar-refractivity contribution is 4.88. The summed E-state index contributed by atoms with van der Waals surface area (Å²) >= 11 is 0. The Balaban J connectivity index is 2.07. The minimum Gasteiger partial charge on any atom is -0.330 e. The van der Waals surface area contributed by atoms with Gasteiger partial charge in [-0.2, -0.15) is 0 Å². The quantitative estimate of drug-likeness (QED) is 0.674. The first-order valence-electron chi connectivity index (χ1n) is 4.89. The molecule has 0 aliphatic heterocycles. The second-order valence-corrected chi connectivity index (χ2v) is 3.12. The van der Waals surface area contributed by atoms with Gasteiger partial charge < -0.3 is 5.73 Å². The van der Waals surface area contributed by atoms with E-state index in [0.717, 1.165) is 25.2 Å². The van der Waals surface area contributed by atoms with Gasteiger partial charge in [-0.15, -0.1) is 0 Å². The molecule has 0 unspecified atom stereocenters. The first-order valence-corrected chi connectivity index (χ1v) is 4.89. The van der Waals surface area contributed by atoms with Gasteiger partial charge in [0.2, 0.25) is 0 Å². The van der Waals surface area contributed by atoms with Crippen molar-refractivity contribution < 1.29 is 0 Å². The fourth-order valence-electron chi connectivity index (χ4n) is 1.24. The third kappa shape index (κ3) is 4.58. The summed E-state index contributed by atoms with van der Waals surface area (Å²) in [6.45, 7) is 0.807.